The molecule has 1 heterocycles. The van der Waals surface area contributed by atoms with Crippen molar-refractivity contribution in [1.82, 2.24) is 0 Å². The van der Waals surface area contributed by atoms with E-state index in [1.54, 1.807) is 12.1 Å². The van der Waals surface area contributed by atoms with Gasteiger partial charge in [-0.15, -0.1) is 0 Å². The van der Waals surface area contributed by atoms with Gasteiger partial charge in [0.25, 0.3) is 0 Å². The van der Waals surface area contributed by atoms with Crippen LogP contribution in [0.2, 0.25) is 5.02 Å². The van der Waals surface area contributed by atoms with E-state index >= 15 is 0 Å². The minimum Gasteiger partial charge on any atom is -0.388 e. The van der Waals surface area contributed by atoms with Crippen molar-refractivity contribution < 1.29 is 14.2 Å². The van der Waals surface area contributed by atoms with Crippen LogP contribution in [0.15, 0.2) is 36.4 Å². The third-order valence-corrected chi connectivity index (χ3v) is 3.79. The molecule has 1 atom stereocenters. The summed E-state index contributed by atoms with van der Waals surface area (Å²) in [6.45, 7) is 1.20. The monoisotopic (exact) mass is 292 g/mol. The SMILES string of the molecule is OC(Cc1ccc(Cl)cc1F)c1ccc2c(c1)COC2. The van der Waals surface area contributed by atoms with Gasteiger partial charge in [0.15, 0.2) is 0 Å². The van der Waals surface area contributed by atoms with E-state index in [1.165, 1.54) is 6.07 Å². The molecular weight excluding hydrogens is 279 g/mol. The fourth-order valence-corrected chi connectivity index (χ4v) is 2.57. The Morgan fingerprint density at radius 1 is 1.15 bits per heavy atom. The Bertz CT molecular complexity index is 642. The standard InChI is InChI=1S/C16H14ClFO2/c17-14-4-3-10(15(18)7-14)6-16(19)11-1-2-12-8-20-9-13(12)5-11/h1-5,7,16,19H,6,8-9H2. The molecule has 0 spiro atoms. The van der Waals surface area contributed by atoms with E-state index < -0.39 is 6.10 Å². The molecule has 3 rings (SSSR count). The van der Waals surface area contributed by atoms with E-state index in [1.807, 2.05) is 18.2 Å². The van der Waals surface area contributed by atoms with Crippen molar-refractivity contribution in [3.63, 3.8) is 0 Å². The van der Waals surface area contributed by atoms with Crippen molar-refractivity contribution in [3.05, 3.63) is 69.5 Å². The van der Waals surface area contributed by atoms with Crippen LogP contribution in [0.4, 0.5) is 4.39 Å². The topological polar surface area (TPSA) is 29.5 Å². The lowest BCUT2D eigenvalue weighted by atomic mass is 9.98. The molecule has 0 fully saturated rings. The number of ether oxygens (including phenoxy) is 1. The van der Waals surface area contributed by atoms with Crippen LogP contribution in [-0.4, -0.2) is 5.11 Å². The first-order valence-corrected chi connectivity index (χ1v) is 6.83. The lowest BCUT2D eigenvalue weighted by Gasteiger charge is -2.13. The summed E-state index contributed by atoms with van der Waals surface area (Å²) >= 11 is 5.72. The normalized spacial score (nSPS) is 15.2. The zero-order valence-electron chi connectivity index (χ0n) is 10.8. The fourth-order valence-electron chi connectivity index (χ4n) is 2.41. The van der Waals surface area contributed by atoms with Crippen LogP contribution in [0.3, 0.4) is 0 Å². The zero-order valence-corrected chi connectivity index (χ0v) is 11.5. The molecule has 1 N–H and O–H groups in total. The Kier molecular flexibility index (Phi) is 3.74. The minimum absolute atomic E-state index is 0.225. The summed E-state index contributed by atoms with van der Waals surface area (Å²) in [5.41, 5.74) is 3.49. The molecule has 0 bridgehead atoms. The lowest BCUT2D eigenvalue weighted by Crippen LogP contribution is -2.04. The quantitative estimate of drug-likeness (QED) is 0.933. The van der Waals surface area contributed by atoms with Gasteiger partial charge in [0, 0.05) is 11.4 Å². The van der Waals surface area contributed by atoms with Gasteiger partial charge in [-0.2, -0.15) is 0 Å². The third-order valence-electron chi connectivity index (χ3n) is 3.56. The van der Waals surface area contributed by atoms with Crippen LogP contribution >= 0.6 is 11.6 Å². The van der Waals surface area contributed by atoms with E-state index in [9.17, 15) is 9.50 Å². The summed E-state index contributed by atoms with van der Waals surface area (Å²) < 4.78 is 19.1. The number of aliphatic hydroxyl groups is 1. The molecule has 2 aromatic carbocycles. The van der Waals surface area contributed by atoms with Crippen molar-refractivity contribution in [2.75, 3.05) is 0 Å². The summed E-state index contributed by atoms with van der Waals surface area (Å²) in [6.07, 6.45) is -0.514. The molecule has 0 radical (unpaired) electrons. The first-order chi connectivity index (χ1) is 9.63. The fraction of sp³-hybridized carbons (Fsp3) is 0.250. The molecule has 4 heteroatoms. The van der Waals surface area contributed by atoms with Crippen LogP contribution in [0.25, 0.3) is 0 Å². The molecule has 2 nitrogen and oxygen atoms in total. The molecule has 1 aliphatic rings. The second-order valence-electron chi connectivity index (χ2n) is 4.98. The Labute approximate surface area is 121 Å². The van der Waals surface area contributed by atoms with E-state index in [0.29, 0.717) is 23.8 Å². The molecule has 0 amide bonds. The van der Waals surface area contributed by atoms with Gasteiger partial charge in [-0.1, -0.05) is 35.9 Å². The van der Waals surface area contributed by atoms with Gasteiger partial charge in [-0.3, -0.25) is 0 Å². The molecule has 0 aromatic heterocycles. The number of fused-ring (bicyclic) bond motifs is 1. The van der Waals surface area contributed by atoms with Gasteiger partial charge in [0.2, 0.25) is 0 Å². The predicted molar refractivity (Wildman–Crippen MR) is 75.0 cm³/mol. The number of halogens is 2. The van der Waals surface area contributed by atoms with Crippen LogP contribution in [0, 0.1) is 5.82 Å². The number of aliphatic hydroxyl groups excluding tert-OH is 1. The number of rotatable bonds is 3. The van der Waals surface area contributed by atoms with Crippen molar-refractivity contribution in [3.8, 4) is 0 Å². The van der Waals surface area contributed by atoms with Gasteiger partial charge in [-0.25, -0.2) is 4.39 Å². The molecule has 20 heavy (non-hydrogen) atoms. The first kappa shape index (κ1) is 13.6. The molecular formula is C16H14ClFO2. The maximum atomic E-state index is 13.7. The van der Waals surface area contributed by atoms with Gasteiger partial charge in [-0.05, 0) is 34.4 Å². The summed E-state index contributed by atoms with van der Waals surface area (Å²) in [7, 11) is 0. The molecule has 1 unspecified atom stereocenters. The number of benzene rings is 2. The van der Waals surface area contributed by atoms with Gasteiger partial charge in [0.05, 0.1) is 19.3 Å². The van der Waals surface area contributed by atoms with Crippen molar-refractivity contribution in [1.29, 1.82) is 0 Å². The number of hydrogen-bond donors (Lipinski definition) is 1. The second kappa shape index (κ2) is 5.52. The van der Waals surface area contributed by atoms with Crippen LogP contribution in [0.1, 0.15) is 28.4 Å². The Morgan fingerprint density at radius 2 is 1.95 bits per heavy atom. The Balaban J connectivity index is 1.80. The van der Waals surface area contributed by atoms with E-state index in [0.717, 1.165) is 16.7 Å². The van der Waals surface area contributed by atoms with E-state index in [4.69, 9.17) is 16.3 Å². The molecule has 0 saturated heterocycles. The minimum atomic E-state index is -0.739. The van der Waals surface area contributed by atoms with E-state index in [2.05, 4.69) is 0 Å². The zero-order chi connectivity index (χ0) is 14.1. The summed E-state index contributed by atoms with van der Waals surface area (Å²) in [6, 6.07) is 10.3. The summed E-state index contributed by atoms with van der Waals surface area (Å²) in [4.78, 5) is 0. The average molecular weight is 293 g/mol. The van der Waals surface area contributed by atoms with Crippen LogP contribution in [0.5, 0.6) is 0 Å². The van der Waals surface area contributed by atoms with Crippen molar-refractivity contribution >= 4 is 11.6 Å². The Hall–Kier alpha value is -1.42. The van der Waals surface area contributed by atoms with Crippen molar-refractivity contribution in [2.24, 2.45) is 0 Å². The van der Waals surface area contributed by atoms with Crippen LogP contribution in [-0.2, 0) is 24.4 Å². The highest BCUT2D eigenvalue weighted by atomic mass is 35.5. The molecule has 2 aromatic rings. The lowest BCUT2D eigenvalue weighted by molar-refractivity contribution is 0.134. The van der Waals surface area contributed by atoms with Crippen LogP contribution < -0.4 is 0 Å². The third kappa shape index (κ3) is 2.70. The van der Waals surface area contributed by atoms with E-state index in [-0.39, 0.29) is 12.2 Å². The second-order valence-corrected chi connectivity index (χ2v) is 5.41. The highest BCUT2D eigenvalue weighted by molar-refractivity contribution is 6.30. The first-order valence-electron chi connectivity index (χ1n) is 6.45. The molecule has 104 valence electrons. The predicted octanol–water partition coefficient (Wildman–Crippen LogP) is 3.79. The summed E-state index contributed by atoms with van der Waals surface area (Å²) in [5.74, 6) is -0.388. The maximum Gasteiger partial charge on any atom is 0.127 e. The largest absolute Gasteiger partial charge is 0.388 e. The molecule has 1 aliphatic heterocycles. The Morgan fingerprint density at radius 3 is 2.75 bits per heavy atom. The highest BCUT2D eigenvalue weighted by Crippen LogP contribution is 2.26. The number of hydrogen-bond acceptors (Lipinski definition) is 2. The van der Waals surface area contributed by atoms with Gasteiger partial charge < -0.3 is 9.84 Å². The molecule has 0 aliphatic carbocycles. The van der Waals surface area contributed by atoms with Gasteiger partial charge >= 0.3 is 0 Å². The molecule has 0 saturated carbocycles. The smallest absolute Gasteiger partial charge is 0.127 e. The highest BCUT2D eigenvalue weighted by Gasteiger charge is 2.16. The van der Waals surface area contributed by atoms with Crippen molar-refractivity contribution in [2.45, 2.75) is 25.7 Å². The summed E-state index contributed by atoms with van der Waals surface area (Å²) in [5, 5.41) is 10.6. The van der Waals surface area contributed by atoms with Gasteiger partial charge in [0.1, 0.15) is 5.82 Å². The average Bonchev–Trinajstić information content (AvgIpc) is 2.89. The maximum absolute atomic E-state index is 13.7.